The van der Waals surface area contributed by atoms with E-state index >= 15 is 0 Å². The van der Waals surface area contributed by atoms with E-state index in [2.05, 4.69) is 0 Å². The molecule has 2 aromatic carbocycles. The zero-order chi connectivity index (χ0) is 13.2. The number of rotatable bonds is 3. The third-order valence-corrected chi connectivity index (χ3v) is 2.85. The van der Waals surface area contributed by atoms with Crippen molar-refractivity contribution in [3.63, 3.8) is 0 Å². The second-order valence-electron chi connectivity index (χ2n) is 4.17. The van der Waals surface area contributed by atoms with E-state index in [0.29, 0.717) is 23.3 Å². The van der Waals surface area contributed by atoms with E-state index < -0.39 is 0 Å². The molecule has 1 aromatic heterocycles. The highest BCUT2D eigenvalue weighted by atomic mass is 19.1. The van der Waals surface area contributed by atoms with Crippen molar-refractivity contribution in [2.45, 2.75) is 6.61 Å². The normalized spacial score (nSPS) is 10.8. The lowest BCUT2D eigenvalue weighted by molar-refractivity contribution is 0.309. The van der Waals surface area contributed by atoms with E-state index in [4.69, 9.17) is 9.15 Å². The fourth-order valence-corrected chi connectivity index (χ4v) is 1.90. The average Bonchev–Trinajstić information content (AvgIpc) is 2.81. The van der Waals surface area contributed by atoms with Crippen molar-refractivity contribution in [1.29, 1.82) is 0 Å². The molecule has 3 aromatic rings. The van der Waals surface area contributed by atoms with Gasteiger partial charge in [0, 0.05) is 0 Å². The Bertz CT molecular complexity index is 701. The molecule has 4 heteroatoms. The van der Waals surface area contributed by atoms with Crippen LogP contribution >= 0.6 is 0 Å². The van der Waals surface area contributed by atoms with E-state index in [9.17, 15) is 9.50 Å². The molecule has 1 heterocycles. The highest BCUT2D eigenvalue weighted by Gasteiger charge is 2.10. The minimum Gasteiger partial charge on any atom is -0.504 e. The first-order valence-corrected chi connectivity index (χ1v) is 5.80. The fourth-order valence-electron chi connectivity index (χ4n) is 1.90. The van der Waals surface area contributed by atoms with Gasteiger partial charge in [-0.05, 0) is 29.8 Å². The van der Waals surface area contributed by atoms with Gasteiger partial charge in [0.15, 0.2) is 5.75 Å². The molecule has 0 bridgehead atoms. The predicted molar refractivity (Wildman–Crippen MR) is 68.6 cm³/mol. The first-order chi connectivity index (χ1) is 9.24. The average molecular weight is 258 g/mol. The van der Waals surface area contributed by atoms with Crippen molar-refractivity contribution in [2.75, 3.05) is 0 Å². The van der Waals surface area contributed by atoms with Crippen LogP contribution in [-0.2, 0) is 6.61 Å². The van der Waals surface area contributed by atoms with Crippen molar-refractivity contribution in [1.82, 2.24) is 0 Å². The Balaban J connectivity index is 1.85. The summed E-state index contributed by atoms with van der Waals surface area (Å²) in [5.74, 6) is 0.302. The molecule has 1 N–H and O–H groups in total. The SMILES string of the molecule is Oc1coc2cccc(OCc3ccc(F)cc3)c12. The topological polar surface area (TPSA) is 42.6 Å². The van der Waals surface area contributed by atoms with Gasteiger partial charge in [-0.1, -0.05) is 18.2 Å². The third-order valence-electron chi connectivity index (χ3n) is 2.85. The zero-order valence-electron chi connectivity index (χ0n) is 9.97. The highest BCUT2D eigenvalue weighted by molar-refractivity contribution is 5.89. The van der Waals surface area contributed by atoms with Crippen LogP contribution in [0.4, 0.5) is 4.39 Å². The van der Waals surface area contributed by atoms with Gasteiger partial charge >= 0.3 is 0 Å². The first-order valence-electron chi connectivity index (χ1n) is 5.80. The van der Waals surface area contributed by atoms with Gasteiger partial charge in [0.2, 0.25) is 0 Å². The van der Waals surface area contributed by atoms with Crippen LogP contribution in [0.3, 0.4) is 0 Å². The quantitative estimate of drug-likeness (QED) is 0.775. The monoisotopic (exact) mass is 258 g/mol. The second-order valence-corrected chi connectivity index (χ2v) is 4.17. The molecule has 96 valence electrons. The fraction of sp³-hybridized carbons (Fsp3) is 0.0667. The Morgan fingerprint density at radius 1 is 1.11 bits per heavy atom. The van der Waals surface area contributed by atoms with Crippen molar-refractivity contribution >= 4 is 11.0 Å². The molecule has 19 heavy (non-hydrogen) atoms. The van der Waals surface area contributed by atoms with Gasteiger partial charge in [-0.25, -0.2) is 4.39 Å². The molecule has 0 aliphatic heterocycles. The molecule has 0 amide bonds. The van der Waals surface area contributed by atoms with Crippen LogP contribution in [0.2, 0.25) is 0 Å². The van der Waals surface area contributed by atoms with Gasteiger partial charge in [0.05, 0.1) is 0 Å². The van der Waals surface area contributed by atoms with E-state index in [1.54, 1.807) is 30.3 Å². The minimum absolute atomic E-state index is 0.0460. The molecular formula is C15H11FO3. The summed E-state index contributed by atoms with van der Waals surface area (Å²) in [4.78, 5) is 0. The molecule has 0 saturated carbocycles. The van der Waals surface area contributed by atoms with Crippen LogP contribution in [0, 0.1) is 5.82 Å². The van der Waals surface area contributed by atoms with Gasteiger partial charge in [0.25, 0.3) is 0 Å². The Labute approximate surface area is 108 Å². The van der Waals surface area contributed by atoms with Crippen molar-refractivity contribution in [3.05, 3.63) is 60.1 Å². The van der Waals surface area contributed by atoms with Crippen LogP contribution in [0.25, 0.3) is 11.0 Å². The largest absolute Gasteiger partial charge is 0.504 e. The summed E-state index contributed by atoms with van der Waals surface area (Å²) in [6.45, 7) is 0.296. The maximum Gasteiger partial charge on any atom is 0.165 e. The maximum atomic E-state index is 12.8. The summed E-state index contributed by atoms with van der Waals surface area (Å²) in [6.07, 6.45) is 1.27. The molecule has 3 nitrogen and oxygen atoms in total. The Kier molecular flexibility index (Phi) is 2.83. The number of ether oxygens (including phenoxy) is 1. The molecule has 0 saturated heterocycles. The van der Waals surface area contributed by atoms with E-state index in [-0.39, 0.29) is 11.6 Å². The van der Waals surface area contributed by atoms with Gasteiger partial charge in [-0.15, -0.1) is 0 Å². The van der Waals surface area contributed by atoms with Crippen molar-refractivity contribution in [3.8, 4) is 11.5 Å². The summed E-state index contributed by atoms with van der Waals surface area (Å²) in [5, 5.41) is 10.2. The van der Waals surface area contributed by atoms with Crippen LogP contribution in [0.1, 0.15) is 5.56 Å². The number of aromatic hydroxyl groups is 1. The lowest BCUT2D eigenvalue weighted by atomic mass is 10.2. The molecule has 0 atom stereocenters. The number of benzene rings is 2. The van der Waals surface area contributed by atoms with E-state index in [1.165, 1.54) is 18.4 Å². The van der Waals surface area contributed by atoms with E-state index in [0.717, 1.165) is 5.56 Å². The van der Waals surface area contributed by atoms with Crippen LogP contribution in [0.15, 0.2) is 53.1 Å². The lowest BCUT2D eigenvalue weighted by Gasteiger charge is -2.07. The number of fused-ring (bicyclic) bond motifs is 1. The van der Waals surface area contributed by atoms with Crippen molar-refractivity contribution in [2.24, 2.45) is 0 Å². The molecule has 0 fully saturated rings. The maximum absolute atomic E-state index is 12.8. The van der Waals surface area contributed by atoms with Crippen molar-refractivity contribution < 1.29 is 18.7 Å². The predicted octanol–water partition coefficient (Wildman–Crippen LogP) is 3.86. The molecule has 0 aliphatic rings. The van der Waals surface area contributed by atoms with Gasteiger partial charge in [-0.3, -0.25) is 0 Å². The first kappa shape index (κ1) is 11.6. The van der Waals surface area contributed by atoms with Crippen LogP contribution < -0.4 is 4.74 Å². The van der Waals surface area contributed by atoms with Gasteiger partial charge in [-0.2, -0.15) is 0 Å². The minimum atomic E-state index is -0.279. The molecule has 0 unspecified atom stereocenters. The summed E-state index contributed by atoms with van der Waals surface area (Å²) in [7, 11) is 0. The van der Waals surface area contributed by atoms with Crippen LogP contribution in [-0.4, -0.2) is 5.11 Å². The molecule has 3 rings (SSSR count). The number of furan rings is 1. The molecule has 0 aliphatic carbocycles. The Hall–Kier alpha value is -2.49. The summed E-state index contributed by atoms with van der Waals surface area (Å²) >= 11 is 0. The smallest absolute Gasteiger partial charge is 0.165 e. The van der Waals surface area contributed by atoms with Crippen LogP contribution in [0.5, 0.6) is 11.5 Å². The van der Waals surface area contributed by atoms with E-state index in [1.807, 2.05) is 0 Å². The molecule has 0 radical (unpaired) electrons. The Morgan fingerprint density at radius 3 is 2.68 bits per heavy atom. The van der Waals surface area contributed by atoms with Gasteiger partial charge in [0.1, 0.15) is 35.4 Å². The number of halogens is 1. The lowest BCUT2D eigenvalue weighted by Crippen LogP contribution is -1.95. The number of hydrogen-bond acceptors (Lipinski definition) is 3. The zero-order valence-corrected chi connectivity index (χ0v) is 9.97. The molecular weight excluding hydrogens is 247 g/mol. The highest BCUT2D eigenvalue weighted by Crippen LogP contribution is 2.35. The third kappa shape index (κ3) is 2.25. The summed E-state index contributed by atoms with van der Waals surface area (Å²) in [6, 6.07) is 11.4. The summed E-state index contributed by atoms with van der Waals surface area (Å²) in [5.41, 5.74) is 1.41. The Morgan fingerprint density at radius 2 is 1.89 bits per heavy atom. The molecule has 0 spiro atoms. The summed E-state index contributed by atoms with van der Waals surface area (Å²) < 4.78 is 23.6. The number of hydrogen-bond donors (Lipinski definition) is 1. The standard InChI is InChI=1S/C15H11FO3/c16-11-6-4-10(5-7-11)8-18-13-2-1-3-14-15(13)12(17)9-19-14/h1-7,9,17H,8H2. The second kappa shape index (κ2) is 4.65. The van der Waals surface area contributed by atoms with Gasteiger partial charge < -0.3 is 14.3 Å².